The zero-order valence-corrected chi connectivity index (χ0v) is 17.6. The van der Waals surface area contributed by atoms with E-state index in [1.54, 1.807) is 37.5 Å². The molecule has 28 heavy (non-hydrogen) atoms. The van der Waals surface area contributed by atoms with Crippen LogP contribution in [-0.4, -0.2) is 18.7 Å². The number of ketones is 2. The van der Waals surface area contributed by atoms with E-state index in [2.05, 4.69) is 22.6 Å². The minimum atomic E-state index is -0.142. The molecule has 3 nitrogen and oxygen atoms in total. The van der Waals surface area contributed by atoms with Crippen LogP contribution in [0.4, 0.5) is 0 Å². The topological polar surface area (TPSA) is 43.4 Å². The van der Waals surface area contributed by atoms with Crippen LogP contribution >= 0.6 is 22.6 Å². The van der Waals surface area contributed by atoms with Gasteiger partial charge in [0.1, 0.15) is 5.75 Å². The Morgan fingerprint density at radius 1 is 0.821 bits per heavy atom. The third kappa shape index (κ3) is 5.16. The maximum atomic E-state index is 12.8. The Bertz CT molecular complexity index is 988. The van der Waals surface area contributed by atoms with Crippen molar-refractivity contribution in [1.82, 2.24) is 0 Å². The summed E-state index contributed by atoms with van der Waals surface area (Å²) in [6, 6.07) is 23.9. The standard InChI is InChI=1S/C24H19IO3/c1-28-22-13-9-19(10-14-22)24(27)16-20(17-5-3-2-4-6-17)15-23(26)18-7-11-21(25)12-8-18/h2-14,16H,15H2,1H3/b20-16-. The molecule has 0 aliphatic carbocycles. The number of Topliss-reactive ketones (excluding diaryl/α,β-unsaturated/α-hetero) is 1. The summed E-state index contributed by atoms with van der Waals surface area (Å²) in [6.07, 6.45) is 1.72. The Morgan fingerprint density at radius 2 is 1.43 bits per heavy atom. The molecular weight excluding hydrogens is 463 g/mol. The fraction of sp³-hybridized carbons (Fsp3) is 0.0833. The lowest BCUT2D eigenvalue weighted by molar-refractivity contribution is 0.0998. The van der Waals surface area contributed by atoms with Gasteiger partial charge in [-0.1, -0.05) is 42.5 Å². The molecule has 0 aliphatic heterocycles. The Labute approximate surface area is 178 Å². The molecule has 0 N–H and O–H groups in total. The van der Waals surface area contributed by atoms with Crippen molar-refractivity contribution in [2.45, 2.75) is 6.42 Å². The lowest BCUT2D eigenvalue weighted by Gasteiger charge is -2.08. The van der Waals surface area contributed by atoms with Crippen LogP contribution in [0.15, 0.2) is 84.9 Å². The van der Waals surface area contributed by atoms with Crippen LogP contribution in [0.5, 0.6) is 5.75 Å². The highest BCUT2D eigenvalue weighted by atomic mass is 127. The molecule has 0 unspecified atom stereocenters. The van der Waals surface area contributed by atoms with Crippen LogP contribution in [0.3, 0.4) is 0 Å². The van der Waals surface area contributed by atoms with Gasteiger partial charge in [0.25, 0.3) is 0 Å². The molecule has 0 saturated heterocycles. The van der Waals surface area contributed by atoms with Crippen molar-refractivity contribution in [2.24, 2.45) is 0 Å². The second kappa shape index (κ2) is 9.46. The smallest absolute Gasteiger partial charge is 0.186 e. The zero-order valence-electron chi connectivity index (χ0n) is 15.4. The van der Waals surface area contributed by atoms with E-state index in [4.69, 9.17) is 4.74 Å². The number of carbonyl (C=O) groups excluding carboxylic acids is 2. The number of ether oxygens (including phenoxy) is 1. The molecule has 0 aromatic heterocycles. The molecule has 0 amide bonds. The van der Waals surface area contributed by atoms with Crippen molar-refractivity contribution < 1.29 is 14.3 Å². The number of benzene rings is 3. The largest absolute Gasteiger partial charge is 0.497 e. The number of carbonyl (C=O) groups is 2. The molecule has 4 heteroatoms. The first-order chi connectivity index (χ1) is 13.6. The Balaban J connectivity index is 1.90. The minimum Gasteiger partial charge on any atom is -0.497 e. The van der Waals surface area contributed by atoms with E-state index < -0.39 is 0 Å². The second-order valence-electron chi connectivity index (χ2n) is 6.24. The van der Waals surface area contributed by atoms with Gasteiger partial charge in [-0.05, 0) is 76.2 Å². The molecule has 3 aromatic carbocycles. The van der Waals surface area contributed by atoms with Crippen molar-refractivity contribution in [3.63, 3.8) is 0 Å². The summed E-state index contributed by atoms with van der Waals surface area (Å²) in [5.41, 5.74) is 2.75. The van der Waals surface area contributed by atoms with Crippen molar-refractivity contribution in [3.8, 4) is 5.75 Å². The summed E-state index contributed by atoms with van der Waals surface area (Å²) in [6.45, 7) is 0. The Morgan fingerprint density at radius 3 is 2.04 bits per heavy atom. The molecule has 0 spiro atoms. The van der Waals surface area contributed by atoms with E-state index in [0.29, 0.717) is 22.4 Å². The predicted molar refractivity (Wildman–Crippen MR) is 120 cm³/mol. The third-order valence-electron chi connectivity index (χ3n) is 4.34. The maximum absolute atomic E-state index is 12.8. The fourth-order valence-electron chi connectivity index (χ4n) is 2.80. The average Bonchev–Trinajstić information content (AvgIpc) is 2.74. The highest BCUT2D eigenvalue weighted by molar-refractivity contribution is 14.1. The summed E-state index contributed by atoms with van der Waals surface area (Å²) in [7, 11) is 1.58. The lowest BCUT2D eigenvalue weighted by atomic mass is 9.95. The molecule has 3 aromatic rings. The van der Waals surface area contributed by atoms with Crippen LogP contribution in [0, 0.1) is 3.57 Å². The predicted octanol–water partition coefficient (Wildman–Crippen LogP) is 5.84. The summed E-state index contributed by atoms with van der Waals surface area (Å²) in [5.74, 6) is 0.531. The highest BCUT2D eigenvalue weighted by Gasteiger charge is 2.13. The van der Waals surface area contributed by atoms with Crippen LogP contribution < -0.4 is 4.74 Å². The third-order valence-corrected chi connectivity index (χ3v) is 5.06. The van der Waals surface area contributed by atoms with Gasteiger partial charge in [0.05, 0.1) is 7.11 Å². The number of rotatable bonds is 7. The van der Waals surface area contributed by atoms with Crippen LogP contribution in [0.2, 0.25) is 0 Å². The zero-order chi connectivity index (χ0) is 19.9. The Hall–Kier alpha value is -2.73. The van der Waals surface area contributed by atoms with Crippen molar-refractivity contribution >= 4 is 39.7 Å². The van der Waals surface area contributed by atoms with Crippen molar-refractivity contribution in [2.75, 3.05) is 7.11 Å². The lowest BCUT2D eigenvalue weighted by Crippen LogP contribution is -2.03. The van der Waals surface area contributed by atoms with Gasteiger partial charge in [-0.15, -0.1) is 0 Å². The quantitative estimate of drug-likeness (QED) is 0.242. The van der Waals surface area contributed by atoms with Crippen molar-refractivity contribution in [1.29, 1.82) is 0 Å². The number of halogens is 1. The second-order valence-corrected chi connectivity index (χ2v) is 7.48. The summed E-state index contributed by atoms with van der Waals surface area (Å²) in [4.78, 5) is 25.5. The van der Waals surface area contributed by atoms with Gasteiger partial charge in [-0.3, -0.25) is 9.59 Å². The van der Waals surface area contributed by atoms with Gasteiger partial charge in [0.2, 0.25) is 0 Å². The first kappa shape index (κ1) is 20.0. The van der Waals surface area contributed by atoms with Gasteiger partial charge >= 0.3 is 0 Å². The fourth-order valence-corrected chi connectivity index (χ4v) is 3.16. The maximum Gasteiger partial charge on any atom is 0.186 e. The molecular formula is C24H19IO3. The van der Waals surface area contributed by atoms with E-state index in [9.17, 15) is 9.59 Å². The SMILES string of the molecule is COc1ccc(C(=O)/C=C(/CC(=O)c2ccc(I)cc2)c2ccccc2)cc1. The van der Waals surface area contributed by atoms with E-state index in [1.807, 2.05) is 54.6 Å². The monoisotopic (exact) mass is 482 g/mol. The van der Waals surface area contributed by atoms with Crippen LogP contribution in [0.25, 0.3) is 5.57 Å². The van der Waals surface area contributed by atoms with E-state index in [1.165, 1.54) is 0 Å². The van der Waals surface area contributed by atoms with Gasteiger partial charge in [-0.25, -0.2) is 0 Å². The highest BCUT2D eigenvalue weighted by Crippen LogP contribution is 2.23. The van der Waals surface area contributed by atoms with E-state index in [0.717, 1.165) is 9.13 Å². The van der Waals surface area contributed by atoms with Crippen molar-refractivity contribution in [3.05, 3.63) is 105 Å². The minimum absolute atomic E-state index is 0.0194. The first-order valence-corrected chi connectivity index (χ1v) is 9.88. The first-order valence-electron chi connectivity index (χ1n) is 8.80. The molecule has 0 radical (unpaired) electrons. The van der Waals surface area contributed by atoms with Gasteiger partial charge in [-0.2, -0.15) is 0 Å². The summed E-state index contributed by atoms with van der Waals surface area (Å²) < 4.78 is 6.21. The van der Waals surface area contributed by atoms with Crippen LogP contribution in [-0.2, 0) is 0 Å². The van der Waals surface area contributed by atoms with Gasteiger partial charge < -0.3 is 4.74 Å². The average molecular weight is 482 g/mol. The molecule has 0 bridgehead atoms. The van der Waals surface area contributed by atoms with Crippen LogP contribution in [0.1, 0.15) is 32.7 Å². The molecule has 140 valence electrons. The van der Waals surface area contributed by atoms with Gasteiger partial charge in [0.15, 0.2) is 11.6 Å². The van der Waals surface area contributed by atoms with Gasteiger partial charge in [0, 0.05) is 21.1 Å². The molecule has 0 saturated carbocycles. The molecule has 3 rings (SSSR count). The molecule has 0 heterocycles. The molecule has 0 atom stereocenters. The number of hydrogen-bond acceptors (Lipinski definition) is 3. The summed E-state index contributed by atoms with van der Waals surface area (Å²) in [5, 5.41) is 0. The molecule has 0 aliphatic rings. The normalized spacial score (nSPS) is 11.1. The Kier molecular flexibility index (Phi) is 6.76. The number of hydrogen-bond donors (Lipinski definition) is 0. The van der Waals surface area contributed by atoms with E-state index in [-0.39, 0.29) is 18.0 Å². The van der Waals surface area contributed by atoms with E-state index >= 15 is 0 Å². The molecule has 0 fully saturated rings. The summed E-state index contributed by atoms with van der Waals surface area (Å²) >= 11 is 2.21. The number of methoxy groups -OCH3 is 1. The number of allylic oxidation sites excluding steroid dienone is 2.